The molecule has 2 rings (SSSR count). The first-order chi connectivity index (χ1) is 11.2. The zero-order valence-electron chi connectivity index (χ0n) is 13.9. The van der Waals surface area contributed by atoms with Gasteiger partial charge in [-0.1, -0.05) is 37.4 Å². The van der Waals surface area contributed by atoms with Crippen molar-refractivity contribution in [2.45, 2.75) is 25.3 Å². The number of likely N-dealkylation sites (tertiary alicyclic amines) is 1. The second-order valence-corrected chi connectivity index (χ2v) is 5.89. The highest BCUT2D eigenvalue weighted by Crippen LogP contribution is 2.21. The SMILES string of the molecule is C=C/C=C(\C=C)N(C)C1CCCN(C(=O)c2ccccc2)CC1. The molecule has 0 spiro atoms. The lowest BCUT2D eigenvalue weighted by Crippen LogP contribution is -2.34. The number of nitrogens with zero attached hydrogens (tertiary/aromatic N) is 2. The molecular weight excluding hydrogens is 284 g/mol. The van der Waals surface area contributed by atoms with Crippen LogP contribution >= 0.6 is 0 Å². The van der Waals surface area contributed by atoms with Crippen LogP contribution in [0.4, 0.5) is 0 Å². The summed E-state index contributed by atoms with van der Waals surface area (Å²) in [6.45, 7) is 9.26. The third-order valence-electron chi connectivity index (χ3n) is 4.46. The van der Waals surface area contributed by atoms with Crippen LogP contribution < -0.4 is 0 Å². The molecule has 1 fully saturated rings. The summed E-state index contributed by atoms with van der Waals surface area (Å²) in [5.41, 5.74) is 1.85. The van der Waals surface area contributed by atoms with E-state index in [-0.39, 0.29) is 5.91 Å². The van der Waals surface area contributed by atoms with E-state index in [4.69, 9.17) is 0 Å². The Morgan fingerprint density at radius 1 is 1.22 bits per heavy atom. The molecule has 1 saturated heterocycles. The number of benzene rings is 1. The molecule has 23 heavy (non-hydrogen) atoms. The molecule has 0 radical (unpaired) electrons. The largest absolute Gasteiger partial charge is 0.372 e. The number of carbonyl (C=O) groups is 1. The molecule has 1 aliphatic heterocycles. The van der Waals surface area contributed by atoms with Gasteiger partial charge in [-0.25, -0.2) is 0 Å². The van der Waals surface area contributed by atoms with Crippen molar-refractivity contribution in [1.29, 1.82) is 0 Å². The Bertz CT molecular complexity index is 577. The van der Waals surface area contributed by atoms with Crippen molar-refractivity contribution in [3.63, 3.8) is 0 Å². The van der Waals surface area contributed by atoms with Crippen molar-refractivity contribution in [1.82, 2.24) is 9.80 Å². The summed E-state index contributed by atoms with van der Waals surface area (Å²) < 4.78 is 0. The first-order valence-corrected chi connectivity index (χ1v) is 8.19. The maximum absolute atomic E-state index is 12.6. The molecule has 0 saturated carbocycles. The van der Waals surface area contributed by atoms with Crippen LogP contribution in [0.25, 0.3) is 0 Å². The molecule has 0 bridgehead atoms. The van der Waals surface area contributed by atoms with Crippen LogP contribution in [0, 0.1) is 0 Å². The summed E-state index contributed by atoms with van der Waals surface area (Å²) in [5, 5.41) is 0. The average Bonchev–Trinajstić information content (AvgIpc) is 2.85. The summed E-state index contributed by atoms with van der Waals surface area (Å²) in [6, 6.07) is 9.97. The van der Waals surface area contributed by atoms with Crippen LogP contribution in [0.2, 0.25) is 0 Å². The summed E-state index contributed by atoms with van der Waals surface area (Å²) in [7, 11) is 2.09. The monoisotopic (exact) mass is 310 g/mol. The lowest BCUT2D eigenvalue weighted by molar-refractivity contribution is 0.0759. The Balaban J connectivity index is 2.02. The van der Waals surface area contributed by atoms with Gasteiger partial charge in [-0.3, -0.25) is 4.79 Å². The minimum absolute atomic E-state index is 0.138. The van der Waals surface area contributed by atoms with Gasteiger partial charge in [0.25, 0.3) is 5.91 Å². The number of rotatable bonds is 5. The van der Waals surface area contributed by atoms with Crippen LogP contribution in [0.5, 0.6) is 0 Å². The van der Waals surface area contributed by atoms with E-state index in [2.05, 4.69) is 25.1 Å². The van der Waals surface area contributed by atoms with Gasteiger partial charge in [0.1, 0.15) is 0 Å². The molecule has 1 amide bonds. The lowest BCUT2D eigenvalue weighted by atomic mass is 10.1. The highest BCUT2D eigenvalue weighted by Gasteiger charge is 2.23. The quantitative estimate of drug-likeness (QED) is 0.771. The fraction of sp³-hybridized carbons (Fsp3) is 0.350. The third kappa shape index (κ3) is 4.35. The Morgan fingerprint density at radius 3 is 2.61 bits per heavy atom. The topological polar surface area (TPSA) is 23.6 Å². The van der Waals surface area contributed by atoms with Crippen molar-refractivity contribution >= 4 is 5.91 Å². The van der Waals surface area contributed by atoms with E-state index in [1.54, 1.807) is 6.08 Å². The van der Waals surface area contributed by atoms with E-state index in [0.29, 0.717) is 6.04 Å². The maximum Gasteiger partial charge on any atom is 0.253 e. The van der Waals surface area contributed by atoms with Gasteiger partial charge in [0.15, 0.2) is 0 Å². The van der Waals surface area contributed by atoms with Gasteiger partial charge in [0, 0.05) is 37.4 Å². The number of likely N-dealkylation sites (N-methyl/N-ethyl adjacent to an activating group) is 1. The van der Waals surface area contributed by atoms with Crippen LogP contribution in [-0.4, -0.2) is 41.9 Å². The van der Waals surface area contributed by atoms with Gasteiger partial charge in [-0.05, 0) is 43.5 Å². The van der Waals surface area contributed by atoms with Crippen LogP contribution in [-0.2, 0) is 0 Å². The molecular formula is C20H26N2O. The second-order valence-electron chi connectivity index (χ2n) is 5.89. The first kappa shape index (κ1) is 17.1. The van der Waals surface area contributed by atoms with E-state index in [9.17, 15) is 4.79 Å². The summed E-state index contributed by atoms with van der Waals surface area (Å²) in [6.07, 6.45) is 8.70. The van der Waals surface area contributed by atoms with Crippen molar-refractivity contribution in [2.24, 2.45) is 0 Å². The standard InChI is InChI=1S/C20H26N2O/c1-4-10-18(5-2)21(3)19-13-9-15-22(16-14-19)20(23)17-11-7-6-8-12-17/h4-8,10-12,19H,1-2,9,13-16H2,3H3/b18-10+. The molecule has 1 aliphatic rings. The minimum Gasteiger partial charge on any atom is -0.372 e. The molecule has 3 heteroatoms. The zero-order chi connectivity index (χ0) is 16.7. The molecule has 1 heterocycles. The molecule has 3 nitrogen and oxygen atoms in total. The minimum atomic E-state index is 0.138. The normalized spacial score (nSPS) is 18.9. The molecule has 1 atom stereocenters. The van der Waals surface area contributed by atoms with Crippen molar-refractivity contribution in [3.05, 3.63) is 73.0 Å². The summed E-state index contributed by atoms with van der Waals surface area (Å²) in [5.74, 6) is 0.138. The molecule has 0 aliphatic carbocycles. The molecule has 1 unspecified atom stereocenters. The molecule has 122 valence electrons. The van der Waals surface area contributed by atoms with Gasteiger partial charge in [0.05, 0.1) is 0 Å². The van der Waals surface area contributed by atoms with Gasteiger partial charge in [-0.15, -0.1) is 0 Å². The van der Waals surface area contributed by atoms with E-state index >= 15 is 0 Å². The fourth-order valence-corrected chi connectivity index (χ4v) is 3.09. The van der Waals surface area contributed by atoms with Crippen molar-refractivity contribution in [3.8, 4) is 0 Å². The predicted octanol–water partition coefficient (Wildman–Crippen LogP) is 3.87. The van der Waals surface area contributed by atoms with E-state index in [1.807, 2.05) is 47.4 Å². The van der Waals surface area contributed by atoms with E-state index in [0.717, 1.165) is 43.6 Å². The van der Waals surface area contributed by atoms with E-state index < -0.39 is 0 Å². The number of hydrogen-bond acceptors (Lipinski definition) is 2. The number of allylic oxidation sites excluding steroid dienone is 3. The molecule has 1 aromatic rings. The van der Waals surface area contributed by atoms with Crippen molar-refractivity contribution < 1.29 is 4.79 Å². The molecule has 0 N–H and O–H groups in total. The van der Waals surface area contributed by atoms with Crippen LogP contribution in [0.15, 0.2) is 67.4 Å². The van der Waals surface area contributed by atoms with Crippen LogP contribution in [0.1, 0.15) is 29.6 Å². The molecule has 0 aromatic heterocycles. The lowest BCUT2D eigenvalue weighted by Gasteiger charge is -2.30. The van der Waals surface area contributed by atoms with Gasteiger partial charge in [-0.2, -0.15) is 0 Å². The van der Waals surface area contributed by atoms with Crippen molar-refractivity contribution in [2.75, 3.05) is 20.1 Å². The predicted molar refractivity (Wildman–Crippen MR) is 96.2 cm³/mol. The Hall–Kier alpha value is -2.29. The number of hydrogen-bond donors (Lipinski definition) is 0. The fourth-order valence-electron chi connectivity index (χ4n) is 3.09. The number of amides is 1. The first-order valence-electron chi connectivity index (χ1n) is 8.19. The third-order valence-corrected chi connectivity index (χ3v) is 4.46. The Morgan fingerprint density at radius 2 is 1.96 bits per heavy atom. The van der Waals surface area contributed by atoms with Gasteiger partial charge in [0.2, 0.25) is 0 Å². The highest BCUT2D eigenvalue weighted by atomic mass is 16.2. The Labute approximate surface area is 139 Å². The van der Waals surface area contributed by atoms with Gasteiger partial charge < -0.3 is 9.80 Å². The zero-order valence-corrected chi connectivity index (χ0v) is 13.9. The maximum atomic E-state index is 12.6. The average molecular weight is 310 g/mol. The Kier molecular flexibility index (Phi) is 6.21. The smallest absolute Gasteiger partial charge is 0.253 e. The summed E-state index contributed by atoms with van der Waals surface area (Å²) >= 11 is 0. The van der Waals surface area contributed by atoms with Crippen LogP contribution in [0.3, 0.4) is 0 Å². The van der Waals surface area contributed by atoms with Gasteiger partial charge >= 0.3 is 0 Å². The number of carbonyl (C=O) groups excluding carboxylic acids is 1. The highest BCUT2D eigenvalue weighted by molar-refractivity contribution is 5.94. The molecule has 1 aromatic carbocycles. The second kappa shape index (κ2) is 8.37. The summed E-state index contributed by atoms with van der Waals surface area (Å²) in [4.78, 5) is 16.8. The van der Waals surface area contributed by atoms with E-state index in [1.165, 1.54) is 0 Å².